The fourth-order valence-corrected chi connectivity index (χ4v) is 2.40. The van der Waals surface area contributed by atoms with Gasteiger partial charge in [0, 0.05) is 19.0 Å². The lowest BCUT2D eigenvalue weighted by molar-refractivity contribution is -0.130. The largest absolute Gasteiger partial charge is 0.350 e. The second kappa shape index (κ2) is 10.0. The van der Waals surface area contributed by atoms with Gasteiger partial charge in [-0.3, -0.25) is 9.59 Å². The maximum Gasteiger partial charge on any atom is 0.243 e. The Morgan fingerprint density at radius 1 is 1.24 bits per heavy atom. The zero-order chi connectivity index (χ0) is 15.1. The first-order valence-corrected chi connectivity index (χ1v) is 7.70. The Balaban J connectivity index is 0.00000400. The number of hydrogen-bond acceptors (Lipinski definition) is 3. The molecule has 1 fully saturated rings. The molecule has 2 unspecified atom stereocenters. The number of nitrogens with one attached hydrogen (secondary N) is 3. The summed E-state index contributed by atoms with van der Waals surface area (Å²) in [4.78, 5) is 24.2. The van der Waals surface area contributed by atoms with Crippen LogP contribution in [-0.2, 0) is 9.59 Å². The molecule has 0 aromatic heterocycles. The van der Waals surface area contributed by atoms with E-state index in [2.05, 4.69) is 16.0 Å². The number of hydrogen-bond donors (Lipinski definition) is 3. The van der Waals surface area contributed by atoms with Crippen molar-refractivity contribution in [2.45, 2.75) is 59.0 Å². The van der Waals surface area contributed by atoms with E-state index in [1.54, 1.807) is 0 Å². The predicted molar refractivity (Wildman–Crippen MR) is 87.5 cm³/mol. The molecule has 1 heterocycles. The van der Waals surface area contributed by atoms with Crippen LogP contribution in [0.3, 0.4) is 0 Å². The van der Waals surface area contributed by atoms with Gasteiger partial charge in [-0.2, -0.15) is 0 Å². The summed E-state index contributed by atoms with van der Waals surface area (Å²) in [7, 11) is 0. The van der Waals surface area contributed by atoms with E-state index in [-0.39, 0.29) is 36.2 Å². The lowest BCUT2D eigenvalue weighted by Crippen LogP contribution is -2.54. The predicted octanol–water partition coefficient (Wildman–Crippen LogP) is 1.46. The van der Waals surface area contributed by atoms with Gasteiger partial charge in [-0.15, -0.1) is 12.4 Å². The molecular weight excluding hydrogens is 290 g/mol. The zero-order valence-corrected chi connectivity index (χ0v) is 14.4. The molecule has 124 valence electrons. The molecule has 0 saturated carbocycles. The van der Waals surface area contributed by atoms with Gasteiger partial charge in [-0.05, 0) is 31.2 Å². The van der Waals surface area contributed by atoms with Crippen LogP contribution in [0.1, 0.15) is 47.0 Å². The Bertz CT molecular complexity index is 329. The molecule has 0 aromatic carbocycles. The van der Waals surface area contributed by atoms with Gasteiger partial charge >= 0.3 is 0 Å². The number of carbonyl (C=O) groups excluding carboxylic acids is 2. The first kappa shape index (κ1) is 20.2. The minimum absolute atomic E-state index is 0. The molecule has 1 aliphatic heterocycles. The third-order valence-electron chi connectivity index (χ3n) is 3.50. The topological polar surface area (TPSA) is 70.2 Å². The number of halogens is 1. The van der Waals surface area contributed by atoms with Crippen molar-refractivity contribution in [3.8, 4) is 0 Å². The minimum atomic E-state index is -0.442. The van der Waals surface area contributed by atoms with Gasteiger partial charge in [0.2, 0.25) is 11.8 Å². The highest BCUT2D eigenvalue weighted by atomic mass is 35.5. The van der Waals surface area contributed by atoms with E-state index in [9.17, 15) is 9.59 Å². The van der Waals surface area contributed by atoms with Crippen LogP contribution in [0.5, 0.6) is 0 Å². The van der Waals surface area contributed by atoms with Crippen molar-refractivity contribution in [2.24, 2.45) is 11.8 Å². The standard InChI is InChI=1S/C15H29N3O2.ClH/c1-10(2)8-13(19)18-14(11(3)4)15(20)17-12-6-5-7-16-9-12;/h10-12,14,16H,5-9H2,1-4H3,(H,17,20)(H,18,19);1H. The summed E-state index contributed by atoms with van der Waals surface area (Å²) in [6.45, 7) is 9.75. The van der Waals surface area contributed by atoms with Crippen molar-refractivity contribution in [1.29, 1.82) is 0 Å². The Morgan fingerprint density at radius 3 is 2.38 bits per heavy atom. The first-order valence-electron chi connectivity index (χ1n) is 7.70. The lowest BCUT2D eigenvalue weighted by Gasteiger charge is -2.28. The first-order chi connectivity index (χ1) is 9.40. The van der Waals surface area contributed by atoms with Crippen molar-refractivity contribution < 1.29 is 9.59 Å². The number of rotatable bonds is 6. The molecule has 5 nitrogen and oxygen atoms in total. The van der Waals surface area contributed by atoms with Crippen molar-refractivity contribution in [1.82, 2.24) is 16.0 Å². The second-order valence-corrected chi connectivity index (χ2v) is 6.44. The maximum atomic E-state index is 12.3. The number of amides is 2. The smallest absolute Gasteiger partial charge is 0.243 e. The minimum Gasteiger partial charge on any atom is -0.350 e. The SMILES string of the molecule is CC(C)CC(=O)NC(C(=O)NC1CCCNC1)C(C)C.Cl. The van der Waals surface area contributed by atoms with Gasteiger partial charge < -0.3 is 16.0 Å². The van der Waals surface area contributed by atoms with E-state index in [0.717, 1.165) is 25.9 Å². The maximum absolute atomic E-state index is 12.3. The molecule has 0 aliphatic carbocycles. The van der Waals surface area contributed by atoms with Crippen molar-refractivity contribution in [3.05, 3.63) is 0 Å². The van der Waals surface area contributed by atoms with Crippen LogP contribution in [-0.4, -0.2) is 37.0 Å². The average molecular weight is 320 g/mol. The molecule has 1 aliphatic rings. The molecule has 3 N–H and O–H groups in total. The molecule has 21 heavy (non-hydrogen) atoms. The summed E-state index contributed by atoms with van der Waals surface area (Å²) in [6, 6.07) is -0.261. The molecule has 1 rings (SSSR count). The summed E-state index contributed by atoms with van der Waals surface area (Å²) < 4.78 is 0. The Hall–Kier alpha value is -0.810. The third-order valence-corrected chi connectivity index (χ3v) is 3.50. The van der Waals surface area contributed by atoms with Crippen molar-refractivity contribution in [3.63, 3.8) is 0 Å². The Labute approximate surface area is 134 Å². The quantitative estimate of drug-likeness (QED) is 0.694. The molecule has 6 heteroatoms. The molecule has 0 bridgehead atoms. The lowest BCUT2D eigenvalue weighted by atomic mass is 10.0. The molecular formula is C15H30ClN3O2. The number of piperidine rings is 1. The van der Waals surface area contributed by atoms with Crippen LogP contribution in [0.25, 0.3) is 0 Å². The average Bonchev–Trinajstić information content (AvgIpc) is 2.35. The van der Waals surface area contributed by atoms with Gasteiger partial charge in [0.1, 0.15) is 6.04 Å². The van der Waals surface area contributed by atoms with E-state index in [1.807, 2.05) is 27.7 Å². The van der Waals surface area contributed by atoms with Crippen LogP contribution in [0.2, 0.25) is 0 Å². The van der Waals surface area contributed by atoms with Crippen LogP contribution in [0.15, 0.2) is 0 Å². The Morgan fingerprint density at radius 2 is 1.90 bits per heavy atom. The van der Waals surface area contributed by atoms with Crippen LogP contribution in [0, 0.1) is 11.8 Å². The number of carbonyl (C=O) groups is 2. The fraction of sp³-hybridized carbons (Fsp3) is 0.867. The van der Waals surface area contributed by atoms with Gasteiger partial charge in [-0.1, -0.05) is 27.7 Å². The highest BCUT2D eigenvalue weighted by molar-refractivity contribution is 5.88. The molecule has 0 aromatic rings. The normalized spacial score (nSPS) is 19.8. The van der Waals surface area contributed by atoms with Gasteiger partial charge in [0.05, 0.1) is 0 Å². The molecule has 0 spiro atoms. The zero-order valence-electron chi connectivity index (χ0n) is 13.6. The highest BCUT2D eigenvalue weighted by Crippen LogP contribution is 2.07. The highest BCUT2D eigenvalue weighted by Gasteiger charge is 2.26. The monoisotopic (exact) mass is 319 g/mol. The molecule has 2 atom stereocenters. The summed E-state index contributed by atoms with van der Waals surface area (Å²) in [5.41, 5.74) is 0. The fourth-order valence-electron chi connectivity index (χ4n) is 2.40. The second-order valence-electron chi connectivity index (χ2n) is 6.44. The molecule has 1 saturated heterocycles. The third kappa shape index (κ3) is 7.67. The molecule has 2 amide bonds. The Kier molecular flexibility index (Phi) is 9.62. The summed E-state index contributed by atoms with van der Waals surface area (Å²) in [5.74, 6) is 0.275. The van der Waals surface area contributed by atoms with Crippen molar-refractivity contribution in [2.75, 3.05) is 13.1 Å². The van der Waals surface area contributed by atoms with Crippen LogP contribution >= 0.6 is 12.4 Å². The van der Waals surface area contributed by atoms with Crippen molar-refractivity contribution >= 4 is 24.2 Å². The van der Waals surface area contributed by atoms with Crippen LogP contribution in [0.4, 0.5) is 0 Å². The summed E-state index contributed by atoms with van der Waals surface area (Å²) in [6.07, 6.45) is 2.54. The van der Waals surface area contributed by atoms with E-state index < -0.39 is 6.04 Å². The van der Waals surface area contributed by atoms with Crippen LogP contribution < -0.4 is 16.0 Å². The molecule has 0 radical (unpaired) electrons. The van der Waals surface area contributed by atoms with E-state index in [1.165, 1.54) is 0 Å². The van der Waals surface area contributed by atoms with Gasteiger partial charge in [-0.25, -0.2) is 0 Å². The van der Waals surface area contributed by atoms with Gasteiger partial charge in [0.25, 0.3) is 0 Å². The van der Waals surface area contributed by atoms with Gasteiger partial charge in [0.15, 0.2) is 0 Å². The van der Waals surface area contributed by atoms with E-state index >= 15 is 0 Å². The summed E-state index contributed by atoms with van der Waals surface area (Å²) >= 11 is 0. The summed E-state index contributed by atoms with van der Waals surface area (Å²) in [5, 5.41) is 9.18. The van der Waals surface area contributed by atoms with E-state index in [4.69, 9.17) is 0 Å². The van der Waals surface area contributed by atoms with E-state index in [0.29, 0.717) is 12.3 Å².